The Morgan fingerprint density at radius 3 is 2.75 bits per heavy atom. The van der Waals surface area contributed by atoms with Gasteiger partial charge in [0.05, 0.1) is 5.92 Å². The predicted molar refractivity (Wildman–Crippen MR) is 98.0 cm³/mol. The molecule has 154 valence electrons. The Kier molecular flexibility index (Phi) is 5.44. The number of hydrazone groups is 1. The first kappa shape index (κ1) is 20.6. The highest BCUT2D eigenvalue weighted by molar-refractivity contribution is 5.93. The number of amides is 1. The molecule has 5 nitrogen and oxygen atoms in total. The molecular weight excluding hydrogens is 373 g/mol. The third-order valence-corrected chi connectivity index (χ3v) is 5.41. The third-order valence-electron chi connectivity index (χ3n) is 5.41. The number of halogens is 3. The summed E-state index contributed by atoms with van der Waals surface area (Å²) in [7, 11) is 0. The number of nitrogens with zero attached hydrogens (tertiary/aromatic N) is 2. The zero-order valence-corrected chi connectivity index (χ0v) is 16.2. The van der Waals surface area contributed by atoms with Crippen LogP contribution in [0.2, 0.25) is 0 Å². The number of benzene rings is 1. The largest absolute Gasteiger partial charge is 0.483 e. The second-order valence-corrected chi connectivity index (χ2v) is 7.80. The fourth-order valence-electron chi connectivity index (χ4n) is 3.91. The van der Waals surface area contributed by atoms with Crippen molar-refractivity contribution in [2.24, 2.45) is 11.0 Å². The molecule has 8 heteroatoms. The number of hydrogen-bond acceptors (Lipinski definition) is 4. The Balaban J connectivity index is 1.84. The molecular formula is C20H25F3N2O3. The first-order chi connectivity index (χ1) is 13.1. The van der Waals surface area contributed by atoms with Gasteiger partial charge in [0.1, 0.15) is 5.75 Å². The molecule has 1 N–H and O–H groups in total. The summed E-state index contributed by atoms with van der Waals surface area (Å²) in [4.78, 5) is 12.6. The average molecular weight is 398 g/mol. The molecule has 0 unspecified atom stereocenters. The van der Waals surface area contributed by atoms with Gasteiger partial charge in [-0.1, -0.05) is 32.4 Å². The summed E-state index contributed by atoms with van der Waals surface area (Å²) in [6.45, 7) is 5.14. The van der Waals surface area contributed by atoms with Gasteiger partial charge in [-0.2, -0.15) is 23.3 Å². The molecule has 1 saturated carbocycles. The summed E-state index contributed by atoms with van der Waals surface area (Å²) in [5.41, 5.74) is -1.31. The fourth-order valence-corrected chi connectivity index (χ4v) is 3.91. The van der Waals surface area contributed by atoms with E-state index in [1.54, 1.807) is 6.07 Å². The molecule has 1 fully saturated rings. The lowest BCUT2D eigenvalue weighted by atomic mass is 9.80. The monoisotopic (exact) mass is 398 g/mol. The van der Waals surface area contributed by atoms with Gasteiger partial charge in [0.25, 0.3) is 11.6 Å². The molecule has 0 saturated heterocycles. The number of rotatable bonds is 4. The third kappa shape index (κ3) is 3.50. The van der Waals surface area contributed by atoms with E-state index in [1.165, 1.54) is 0 Å². The first-order valence-corrected chi connectivity index (χ1v) is 9.48. The van der Waals surface area contributed by atoms with Gasteiger partial charge in [-0.15, -0.1) is 0 Å². The van der Waals surface area contributed by atoms with E-state index in [0.29, 0.717) is 25.0 Å². The molecule has 0 radical (unpaired) electrons. The molecule has 0 aromatic heterocycles. The number of carbonyl (C=O) groups is 1. The van der Waals surface area contributed by atoms with Gasteiger partial charge in [-0.05, 0) is 49.3 Å². The maximum absolute atomic E-state index is 13.8. The highest BCUT2D eigenvalue weighted by Gasteiger charge is 2.68. The van der Waals surface area contributed by atoms with Crippen LogP contribution in [0.1, 0.15) is 56.6 Å². The molecule has 28 heavy (non-hydrogen) atoms. The van der Waals surface area contributed by atoms with Crippen LogP contribution in [0, 0.1) is 12.8 Å². The van der Waals surface area contributed by atoms with Gasteiger partial charge in [-0.3, -0.25) is 4.79 Å². The van der Waals surface area contributed by atoms with Crippen molar-refractivity contribution < 1.29 is 27.8 Å². The maximum atomic E-state index is 13.8. The van der Waals surface area contributed by atoms with Gasteiger partial charge in [0, 0.05) is 5.71 Å². The summed E-state index contributed by atoms with van der Waals surface area (Å²) < 4.78 is 46.8. The topological polar surface area (TPSA) is 62.1 Å². The molecule has 1 aromatic carbocycles. The minimum atomic E-state index is -5.01. The van der Waals surface area contributed by atoms with E-state index in [9.17, 15) is 23.1 Å². The van der Waals surface area contributed by atoms with E-state index >= 15 is 0 Å². The molecule has 1 aliphatic carbocycles. The van der Waals surface area contributed by atoms with Gasteiger partial charge >= 0.3 is 6.18 Å². The second kappa shape index (κ2) is 7.39. The Bertz CT molecular complexity index is 791. The number of fused-ring (bicyclic) bond motifs is 1. The smallest absolute Gasteiger partial charge is 0.439 e. The predicted octanol–water partition coefficient (Wildman–Crippen LogP) is 4.14. The lowest BCUT2D eigenvalue weighted by Crippen LogP contribution is -2.62. The van der Waals surface area contributed by atoms with Gasteiger partial charge in [0.15, 0.2) is 6.61 Å². The Morgan fingerprint density at radius 2 is 2.11 bits per heavy atom. The molecule has 1 heterocycles. The summed E-state index contributed by atoms with van der Waals surface area (Å²) in [5.74, 6) is -1.66. The van der Waals surface area contributed by atoms with Gasteiger partial charge in [0.2, 0.25) is 0 Å². The first-order valence-electron chi connectivity index (χ1n) is 9.48. The van der Waals surface area contributed by atoms with Crippen molar-refractivity contribution in [3.8, 4) is 5.75 Å². The molecule has 0 bridgehead atoms. The Hall–Kier alpha value is -2.09. The van der Waals surface area contributed by atoms with Crippen molar-refractivity contribution in [2.75, 3.05) is 6.61 Å². The van der Waals surface area contributed by atoms with E-state index in [0.717, 1.165) is 11.1 Å². The lowest BCUT2D eigenvalue weighted by Gasteiger charge is -2.38. The summed E-state index contributed by atoms with van der Waals surface area (Å²) in [5, 5.41) is 14.6. The van der Waals surface area contributed by atoms with E-state index in [4.69, 9.17) is 4.74 Å². The quantitative estimate of drug-likeness (QED) is 0.829. The number of alkyl halides is 3. The molecule has 1 amide bonds. The lowest BCUT2D eigenvalue weighted by molar-refractivity contribution is -0.317. The van der Waals surface area contributed by atoms with Crippen LogP contribution in [0.3, 0.4) is 0 Å². The van der Waals surface area contributed by atoms with Crippen LogP contribution >= 0.6 is 0 Å². The van der Waals surface area contributed by atoms with E-state index in [2.05, 4.69) is 5.10 Å². The van der Waals surface area contributed by atoms with Crippen molar-refractivity contribution >= 4 is 11.6 Å². The van der Waals surface area contributed by atoms with Gasteiger partial charge < -0.3 is 9.84 Å². The maximum Gasteiger partial charge on any atom is 0.439 e. The Labute approximate surface area is 162 Å². The van der Waals surface area contributed by atoms with Crippen LogP contribution < -0.4 is 4.74 Å². The minimum absolute atomic E-state index is 0.118. The number of aliphatic hydroxyl groups is 1. The minimum Gasteiger partial charge on any atom is -0.483 e. The molecule has 0 spiro atoms. The SMILES string of the molecule is Cc1ccc(C(C)C)c(OCC(=O)N2N=C3CCCC[C@H]3[C@]2(O)C(F)(F)F)c1. The molecule has 1 aliphatic heterocycles. The number of hydrogen-bond donors (Lipinski definition) is 1. The van der Waals surface area contributed by atoms with Crippen LogP contribution in [-0.2, 0) is 4.79 Å². The van der Waals surface area contributed by atoms with E-state index in [1.807, 2.05) is 32.9 Å². The Morgan fingerprint density at radius 1 is 1.39 bits per heavy atom. The average Bonchev–Trinajstić information content (AvgIpc) is 2.94. The summed E-state index contributed by atoms with van der Waals surface area (Å²) in [6.07, 6.45) is -3.26. The molecule has 3 rings (SSSR count). The van der Waals surface area contributed by atoms with Crippen molar-refractivity contribution in [3.05, 3.63) is 29.3 Å². The van der Waals surface area contributed by atoms with Crippen molar-refractivity contribution in [2.45, 2.75) is 64.3 Å². The van der Waals surface area contributed by atoms with Crippen LogP contribution in [0.15, 0.2) is 23.3 Å². The normalized spacial score (nSPS) is 24.9. The second-order valence-electron chi connectivity index (χ2n) is 7.80. The molecule has 2 aliphatic rings. The summed E-state index contributed by atoms with van der Waals surface area (Å²) in [6, 6.07) is 5.52. The van der Waals surface area contributed by atoms with Crippen molar-refractivity contribution in [3.63, 3.8) is 0 Å². The van der Waals surface area contributed by atoms with E-state index in [-0.39, 0.29) is 23.1 Å². The number of ether oxygens (including phenoxy) is 1. The number of carbonyl (C=O) groups excluding carboxylic acids is 1. The van der Waals surface area contributed by atoms with Crippen molar-refractivity contribution in [1.82, 2.24) is 5.01 Å². The van der Waals surface area contributed by atoms with E-state index < -0.39 is 30.3 Å². The van der Waals surface area contributed by atoms with Crippen LogP contribution in [0.4, 0.5) is 13.2 Å². The number of aryl methyl sites for hydroxylation is 1. The molecule has 1 aromatic rings. The molecule has 2 atom stereocenters. The highest BCUT2D eigenvalue weighted by atomic mass is 19.4. The van der Waals surface area contributed by atoms with Gasteiger partial charge in [-0.25, -0.2) is 0 Å². The van der Waals surface area contributed by atoms with Crippen LogP contribution in [0.5, 0.6) is 5.75 Å². The fraction of sp³-hybridized carbons (Fsp3) is 0.600. The highest BCUT2D eigenvalue weighted by Crippen LogP contribution is 2.48. The van der Waals surface area contributed by atoms with Crippen molar-refractivity contribution in [1.29, 1.82) is 0 Å². The van der Waals surface area contributed by atoms with Crippen LogP contribution in [0.25, 0.3) is 0 Å². The zero-order chi connectivity index (χ0) is 20.7. The summed E-state index contributed by atoms with van der Waals surface area (Å²) >= 11 is 0. The standard InChI is InChI=1S/C20H25F3N2O3/c1-12(2)14-9-8-13(3)10-17(14)28-11-18(26)25-19(27,20(21,22)23)15-6-4-5-7-16(15)24-25/h8-10,12,15,27H,4-7,11H2,1-3H3/t15-,19+/m1/s1. The zero-order valence-electron chi connectivity index (χ0n) is 16.2. The van der Waals surface area contributed by atoms with Crippen LogP contribution in [-0.4, -0.2) is 40.2 Å².